The van der Waals surface area contributed by atoms with Gasteiger partial charge in [0, 0.05) is 23.6 Å². The average molecular weight is 287 g/mol. The minimum atomic E-state index is -4.13. The smallest absolute Gasteiger partial charge is 0.330 e. The first kappa shape index (κ1) is 13.8. The van der Waals surface area contributed by atoms with Crippen LogP contribution in [0.4, 0.5) is 24.0 Å². The van der Waals surface area contributed by atoms with E-state index < -0.39 is 12.6 Å². The van der Waals surface area contributed by atoms with Gasteiger partial charge in [0.05, 0.1) is 0 Å². The summed E-state index contributed by atoms with van der Waals surface area (Å²) in [6.45, 7) is 1.78. The van der Waals surface area contributed by atoms with Gasteiger partial charge in [-0.05, 0) is 31.0 Å². The second kappa shape index (κ2) is 5.56. The van der Waals surface area contributed by atoms with Crippen LogP contribution >= 0.6 is 11.5 Å². The van der Waals surface area contributed by atoms with Crippen LogP contribution in [-0.4, -0.2) is 15.5 Å². The first-order valence-corrected chi connectivity index (χ1v) is 6.43. The Morgan fingerprint density at radius 3 is 2.74 bits per heavy atom. The zero-order chi connectivity index (χ0) is 13.9. The lowest BCUT2D eigenvalue weighted by atomic mass is 10.1. The molecule has 0 amide bonds. The van der Waals surface area contributed by atoms with Gasteiger partial charge in [-0.1, -0.05) is 12.1 Å². The van der Waals surface area contributed by atoms with E-state index in [4.69, 9.17) is 0 Å². The van der Waals surface area contributed by atoms with Gasteiger partial charge in [-0.3, -0.25) is 0 Å². The van der Waals surface area contributed by atoms with E-state index in [-0.39, 0.29) is 6.42 Å². The molecule has 0 aliphatic heterocycles. The summed E-state index contributed by atoms with van der Waals surface area (Å²) in [5.74, 6) is 0.667. The number of benzene rings is 1. The maximum absolute atomic E-state index is 12.2. The maximum atomic E-state index is 12.2. The van der Waals surface area contributed by atoms with Gasteiger partial charge in [-0.25, -0.2) is 4.98 Å². The van der Waals surface area contributed by atoms with Crippen LogP contribution in [0, 0.1) is 6.92 Å². The summed E-state index contributed by atoms with van der Waals surface area (Å²) in [5.41, 5.74) is 1.36. The quantitative estimate of drug-likeness (QED) is 0.920. The van der Waals surface area contributed by atoms with Crippen LogP contribution in [0.2, 0.25) is 0 Å². The van der Waals surface area contributed by atoms with Crippen molar-refractivity contribution >= 4 is 22.4 Å². The van der Waals surface area contributed by atoms with Crippen molar-refractivity contribution < 1.29 is 13.2 Å². The number of aryl methyl sites for hydroxylation is 2. The van der Waals surface area contributed by atoms with Gasteiger partial charge in [-0.15, -0.1) is 0 Å². The Labute approximate surface area is 112 Å². The van der Waals surface area contributed by atoms with Gasteiger partial charge in [0.25, 0.3) is 0 Å². The minimum absolute atomic E-state index is 0.0197. The Bertz CT molecular complexity index is 551. The molecule has 1 N–H and O–H groups in total. The molecule has 0 atom stereocenters. The Morgan fingerprint density at radius 2 is 2.11 bits per heavy atom. The molecule has 0 saturated heterocycles. The van der Waals surface area contributed by atoms with Gasteiger partial charge < -0.3 is 5.32 Å². The lowest BCUT2D eigenvalue weighted by Gasteiger charge is -2.08. The predicted octanol–water partition coefficient (Wildman–Crippen LogP) is 4.09. The number of rotatable bonds is 4. The fourth-order valence-electron chi connectivity index (χ4n) is 1.56. The Balaban J connectivity index is 2.02. The van der Waals surface area contributed by atoms with Crippen molar-refractivity contribution in [3.63, 3.8) is 0 Å². The van der Waals surface area contributed by atoms with Gasteiger partial charge in [0.15, 0.2) is 0 Å². The summed E-state index contributed by atoms with van der Waals surface area (Å²) in [6, 6.07) is 6.89. The molecule has 0 saturated carbocycles. The molecular formula is C12H12F3N3S. The largest absolute Gasteiger partial charge is 0.389 e. The molecule has 0 radical (unpaired) electrons. The molecule has 2 aromatic rings. The van der Waals surface area contributed by atoms with Crippen LogP contribution in [0.3, 0.4) is 0 Å². The van der Waals surface area contributed by atoms with Gasteiger partial charge in [-0.2, -0.15) is 17.5 Å². The highest BCUT2D eigenvalue weighted by Crippen LogP contribution is 2.24. The average Bonchev–Trinajstić information content (AvgIpc) is 2.72. The first-order valence-electron chi connectivity index (χ1n) is 5.65. The normalized spacial score (nSPS) is 11.6. The van der Waals surface area contributed by atoms with Crippen molar-refractivity contribution in [1.29, 1.82) is 0 Å². The lowest BCUT2D eigenvalue weighted by Crippen LogP contribution is -2.08. The van der Waals surface area contributed by atoms with E-state index >= 15 is 0 Å². The van der Waals surface area contributed by atoms with Crippen LogP contribution in [0.15, 0.2) is 24.3 Å². The highest BCUT2D eigenvalue weighted by molar-refractivity contribution is 7.09. The summed E-state index contributed by atoms with van der Waals surface area (Å²) in [7, 11) is 0. The summed E-state index contributed by atoms with van der Waals surface area (Å²) in [4.78, 5) is 4.14. The second-order valence-corrected chi connectivity index (χ2v) is 4.84. The fraction of sp³-hybridized carbons (Fsp3) is 0.333. The molecule has 1 aromatic carbocycles. The van der Waals surface area contributed by atoms with E-state index in [1.807, 2.05) is 0 Å². The summed E-state index contributed by atoms with van der Waals surface area (Å²) >= 11 is 1.22. The molecular weight excluding hydrogens is 275 g/mol. The summed E-state index contributed by atoms with van der Waals surface area (Å²) < 4.78 is 40.5. The number of hydrogen-bond donors (Lipinski definition) is 1. The molecule has 3 nitrogen and oxygen atoms in total. The molecule has 0 spiro atoms. The van der Waals surface area contributed by atoms with E-state index in [2.05, 4.69) is 14.7 Å². The third-order valence-corrected chi connectivity index (χ3v) is 3.12. The van der Waals surface area contributed by atoms with Crippen LogP contribution in [0.5, 0.6) is 0 Å². The fourth-order valence-corrected chi connectivity index (χ4v) is 2.16. The van der Waals surface area contributed by atoms with E-state index in [0.717, 1.165) is 5.69 Å². The minimum Gasteiger partial charge on any atom is -0.330 e. The number of anilines is 2. The number of nitrogens with zero attached hydrogens (tertiary/aromatic N) is 2. The molecule has 0 aliphatic rings. The van der Waals surface area contributed by atoms with Crippen LogP contribution in [0.25, 0.3) is 0 Å². The van der Waals surface area contributed by atoms with E-state index in [1.54, 1.807) is 31.2 Å². The number of alkyl halides is 3. The van der Waals surface area contributed by atoms with Crippen LogP contribution < -0.4 is 5.32 Å². The van der Waals surface area contributed by atoms with Crippen molar-refractivity contribution in [3.8, 4) is 0 Å². The molecule has 0 unspecified atom stereocenters. The Kier molecular flexibility index (Phi) is 4.04. The van der Waals surface area contributed by atoms with Crippen molar-refractivity contribution in [3.05, 3.63) is 35.7 Å². The molecule has 2 rings (SSSR count). The summed E-state index contributed by atoms with van der Waals surface area (Å²) in [5, 5.41) is 3.66. The zero-order valence-corrected chi connectivity index (χ0v) is 11.0. The number of halogens is 3. The van der Waals surface area contributed by atoms with E-state index in [1.165, 1.54) is 11.5 Å². The molecule has 0 aliphatic carbocycles. The number of nitrogens with one attached hydrogen (secondary N) is 1. The monoisotopic (exact) mass is 287 g/mol. The predicted molar refractivity (Wildman–Crippen MR) is 68.7 cm³/mol. The van der Waals surface area contributed by atoms with Crippen molar-refractivity contribution in [1.82, 2.24) is 9.36 Å². The van der Waals surface area contributed by atoms with Gasteiger partial charge in [0.2, 0.25) is 5.13 Å². The summed E-state index contributed by atoms with van der Waals surface area (Å²) in [6.07, 6.45) is -4.96. The molecule has 19 heavy (non-hydrogen) atoms. The standard InChI is InChI=1S/C12H12F3N3S/c1-8-16-11(19-18-8)17-10-4-2-3-9(7-10)5-6-12(13,14)15/h2-4,7H,5-6H2,1H3,(H,16,17,18). The molecule has 0 bridgehead atoms. The van der Waals surface area contributed by atoms with Crippen molar-refractivity contribution in [2.45, 2.75) is 25.9 Å². The zero-order valence-electron chi connectivity index (χ0n) is 10.2. The first-order chi connectivity index (χ1) is 8.92. The topological polar surface area (TPSA) is 37.8 Å². The molecule has 0 fully saturated rings. The lowest BCUT2D eigenvalue weighted by molar-refractivity contribution is -0.133. The number of aromatic nitrogens is 2. The third-order valence-electron chi connectivity index (χ3n) is 2.40. The maximum Gasteiger partial charge on any atom is 0.389 e. The molecule has 102 valence electrons. The van der Waals surface area contributed by atoms with Gasteiger partial charge in [0.1, 0.15) is 5.82 Å². The van der Waals surface area contributed by atoms with Crippen molar-refractivity contribution in [2.24, 2.45) is 0 Å². The van der Waals surface area contributed by atoms with E-state index in [9.17, 15) is 13.2 Å². The third kappa shape index (κ3) is 4.51. The SMILES string of the molecule is Cc1nsc(Nc2cccc(CCC(F)(F)F)c2)n1. The molecule has 1 heterocycles. The molecule has 7 heteroatoms. The Morgan fingerprint density at radius 1 is 1.32 bits per heavy atom. The highest BCUT2D eigenvalue weighted by Gasteiger charge is 2.26. The van der Waals surface area contributed by atoms with Crippen LogP contribution in [0.1, 0.15) is 17.8 Å². The van der Waals surface area contributed by atoms with E-state index in [0.29, 0.717) is 16.5 Å². The molecule has 1 aromatic heterocycles. The number of hydrogen-bond acceptors (Lipinski definition) is 4. The Hall–Kier alpha value is -1.63. The second-order valence-electron chi connectivity index (χ2n) is 4.09. The van der Waals surface area contributed by atoms with Crippen molar-refractivity contribution in [2.75, 3.05) is 5.32 Å². The highest BCUT2D eigenvalue weighted by atomic mass is 32.1. The van der Waals surface area contributed by atoms with Crippen LogP contribution in [-0.2, 0) is 6.42 Å². The van der Waals surface area contributed by atoms with Gasteiger partial charge >= 0.3 is 6.18 Å².